The molecule has 0 atom stereocenters. The van der Waals surface area contributed by atoms with Crippen molar-refractivity contribution >= 4 is 11.6 Å². The number of rotatable bonds is 6. The molecule has 106 valence electrons. The van der Waals surface area contributed by atoms with Gasteiger partial charge >= 0.3 is 0 Å². The fourth-order valence-corrected chi connectivity index (χ4v) is 2.16. The Hall–Kier alpha value is -1.71. The van der Waals surface area contributed by atoms with Gasteiger partial charge in [0.1, 0.15) is 18.1 Å². The number of methoxy groups -OCH3 is 1. The third-order valence-electron chi connectivity index (χ3n) is 2.96. The molecular weight excluding hydrogens is 274 g/mol. The van der Waals surface area contributed by atoms with E-state index >= 15 is 0 Å². The largest absolute Gasteiger partial charge is 0.497 e. The van der Waals surface area contributed by atoms with Crippen LogP contribution in [0.15, 0.2) is 42.5 Å². The van der Waals surface area contributed by atoms with Gasteiger partial charge in [0.05, 0.1) is 7.11 Å². The molecule has 0 aromatic heterocycles. The van der Waals surface area contributed by atoms with Gasteiger partial charge in [-0.05, 0) is 54.4 Å². The topological polar surface area (TPSA) is 44.5 Å². The van der Waals surface area contributed by atoms with Crippen molar-refractivity contribution in [2.75, 3.05) is 13.7 Å². The number of hydrogen-bond acceptors (Lipinski definition) is 3. The van der Waals surface area contributed by atoms with Gasteiger partial charge in [-0.3, -0.25) is 0 Å². The van der Waals surface area contributed by atoms with E-state index in [0.29, 0.717) is 18.2 Å². The van der Waals surface area contributed by atoms with E-state index in [1.165, 1.54) is 0 Å². The van der Waals surface area contributed by atoms with Gasteiger partial charge in [-0.15, -0.1) is 0 Å². The van der Waals surface area contributed by atoms with Gasteiger partial charge in [-0.2, -0.15) is 0 Å². The molecule has 2 aromatic carbocycles. The monoisotopic (exact) mass is 291 g/mol. The molecular formula is C16H18ClNO2. The Labute approximate surface area is 124 Å². The van der Waals surface area contributed by atoms with Crippen LogP contribution in [0.25, 0.3) is 0 Å². The normalized spacial score (nSPS) is 10.3. The van der Waals surface area contributed by atoms with Gasteiger partial charge < -0.3 is 15.2 Å². The van der Waals surface area contributed by atoms with Crippen LogP contribution in [-0.2, 0) is 13.0 Å². The van der Waals surface area contributed by atoms with Gasteiger partial charge in [0.2, 0.25) is 0 Å². The van der Waals surface area contributed by atoms with E-state index in [1.807, 2.05) is 42.5 Å². The van der Waals surface area contributed by atoms with Gasteiger partial charge in [-0.25, -0.2) is 0 Å². The first-order valence-electron chi connectivity index (χ1n) is 6.47. The van der Waals surface area contributed by atoms with Crippen LogP contribution in [0.2, 0.25) is 5.02 Å². The lowest BCUT2D eigenvalue weighted by Crippen LogP contribution is -2.05. The summed E-state index contributed by atoms with van der Waals surface area (Å²) in [6.45, 7) is 1.05. The first-order valence-corrected chi connectivity index (χ1v) is 6.85. The summed E-state index contributed by atoms with van der Waals surface area (Å²) in [6, 6.07) is 13.4. The summed E-state index contributed by atoms with van der Waals surface area (Å²) >= 11 is 6.00. The highest BCUT2D eigenvalue weighted by Gasteiger charge is 2.05. The lowest BCUT2D eigenvalue weighted by atomic mass is 10.1. The van der Waals surface area contributed by atoms with E-state index in [-0.39, 0.29) is 0 Å². The molecule has 0 amide bonds. The van der Waals surface area contributed by atoms with Gasteiger partial charge in [-0.1, -0.05) is 23.7 Å². The van der Waals surface area contributed by atoms with Crippen LogP contribution < -0.4 is 15.2 Å². The Balaban J connectivity index is 2.09. The van der Waals surface area contributed by atoms with Crippen LogP contribution in [-0.4, -0.2) is 13.7 Å². The molecule has 0 spiro atoms. The third-order valence-corrected chi connectivity index (χ3v) is 3.20. The predicted octanol–water partition coefficient (Wildman–Crippen LogP) is 3.43. The molecule has 20 heavy (non-hydrogen) atoms. The highest BCUT2D eigenvalue weighted by atomic mass is 35.5. The minimum atomic E-state index is 0.483. The summed E-state index contributed by atoms with van der Waals surface area (Å²) in [7, 11) is 1.65. The molecule has 0 aliphatic carbocycles. The van der Waals surface area contributed by atoms with E-state index in [1.54, 1.807) is 7.11 Å². The number of ether oxygens (including phenoxy) is 2. The summed E-state index contributed by atoms with van der Waals surface area (Å²) in [5, 5.41) is 0.696. The summed E-state index contributed by atoms with van der Waals surface area (Å²) in [6.07, 6.45) is 0.744. The zero-order valence-electron chi connectivity index (χ0n) is 11.4. The summed E-state index contributed by atoms with van der Waals surface area (Å²) in [5.74, 6) is 1.65. The lowest BCUT2D eigenvalue weighted by molar-refractivity contribution is 0.302. The minimum absolute atomic E-state index is 0.483. The Morgan fingerprint density at radius 1 is 1.15 bits per heavy atom. The van der Waals surface area contributed by atoms with Crippen molar-refractivity contribution in [3.05, 3.63) is 58.6 Å². The molecule has 3 nitrogen and oxygen atoms in total. The Kier molecular flexibility index (Phi) is 5.27. The summed E-state index contributed by atoms with van der Waals surface area (Å²) in [5.41, 5.74) is 7.69. The summed E-state index contributed by atoms with van der Waals surface area (Å²) in [4.78, 5) is 0. The second-order valence-corrected chi connectivity index (χ2v) is 4.87. The van der Waals surface area contributed by atoms with Crippen molar-refractivity contribution in [2.45, 2.75) is 13.0 Å². The molecule has 0 heterocycles. The Morgan fingerprint density at radius 2 is 2.00 bits per heavy atom. The number of nitrogens with two attached hydrogens (primary N) is 1. The predicted molar refractivity (Wildman–Crippen MR) is 81.5 cm³/mol. The molecule has 0 saturated carbocycles. The lowest BCUT2D eigenvalue weighted by Gasteiger charge is -2.12. The molecule has 2 rings (SSSR count). The standard InChI is InChI=1S/C16H18ClNO2/c1-19-15-4-2-3-12(9-15)11-20-16-6-5-14(17)10-13(16)7-8-18/h2-6,9-10H,7-8,11,18H2,1H3. The highest BCUT2D eigenvalue weighted by molar-refractivity contribution is 6.30. The minimum Gasteiger partial charge on any atom is -0.497 e. The second-order valence-electron chi connectivity index (χ2n) is 4.43. The third kappa shape index (κ3) is 3.89. The van der Waals surface area contributed by atoms with Crippen molar-refractivity contribution in [3.8, 4) is 11.5 Å². The van der Waals surface area contributed by atoms with Crippen LogP contribution in [0.5, 0.6) is 11.5 Å². The molecule has 0 aliphatic rings. The molecule has 0 unspecified atom stereocenters. The van der Waals surface area contributed by atoms with Crippen molar-refractivity contribution in [3.63, 3.8) is 0 Å². The number of benzene rings is 2. The van der Waals surface area contributed by atoms with Crippen molar-refractivity contribution in [2.24, 2.45) is 5.73 Å². The molecule has 0 fully saturated rings. The molecule has 4 heteroatoms. The van der Waals surface area contributed by atoms with Crippen LogP contribution in [0.4, 0.5) is 0 Å². The van der Waals surface area contributed by atoms with Crippen molar-refractivity contribution < 1.29 is 9.47 Å². The zero-order chi connectivity index (χ0) is 14.4. The van der Waals surface area contributed by atoms with Crippen LogP contribution in [0, 0.1) is 0 Å². The number of halogens is 1. The van der Waals surface area contributed by atoms with E-state index in [2.05, 4.69) is 0 Å². The first kappa shape index (κ1) is 14.7. The molecule has 0 radical (unpaired) electrons. The van der Waals surface area contributed by atoms with Crippen molar-refractivity contribution in [1.29, 1.82) is 0 Å². The smallest absolute Gasteiger partial charge is 0.123 e. The summed E-state index contributed by atoms with van der Waals surface area (Å²) < 4.78 is 11.1. The Morgan fingerprint density at radius 3 is 2.75 bits per heavy atom. The maximum Gasteiger partial charge on any atom is 0.123 e. The average molecular weight is 292 g/mol. The molecule has 2 N–H and O–H groups in total. The van der Waals surface area contributed by atoms with Crippen LogP contribution >= 0.6 is 11.6 Å². The molecule has 0 saturated heterocycles. The Bertz CT molecular complexity index is 572. The fourth-order valence-electron chi connectivity index (χ4n) is 1.96. The van der Waals surface area contributed by atoms with E-state index in [0.717, 1.165) is 29.0 Å². The molecule has 0 bridgehead atoms. The van der Waals surface area contributed by atoms with Gasteiger partial charge in [0, 0.05) is 5.02 Å². The van der Waals surface area contributed by atoms with Crippen molar-refractivity contribution in [1.82, 2.24) is 0 Å². The second kappa shape index (κ2) is 7.17. The van der Waals surface area contributed by atoms with Crippen LogP contribution in [0.1, 0.15) is 11.1 Å². The molecule has 0 aliphatic heterocycles. The fraction of sp³-hybridized carbons (Fsp3) is 0.250. The van der Waals surface area contributed by atoms with Crippen LogP contribution in [0.3, 0.4) is 0 Å². The SMILES string of the molecule is COc1cccc(COc2ccc(Cl)cc2CCN)c1. The van der Waals surface area contributed by atoms with Gasteiger partial charge in [0.15, 0.2) is 0 Å². The van der Waals surface area contributed by atoms with E-state index in [9.17, 15) is 0 Å². The quantitative estimate of drug-likeness (QED) is 0.887. The van der Waals surface area contributed by atoms with E-state index in [4.69, 9.17) is 26.8 Å². The highest BCUT2D eigenvalue weighted by Crippen LogP contribution is 2.24. The molecule has 2 aromatic rings. The maximum atomic E-state index is 6.00. The van der Waals surface area contributed by atoms with Gasteiger partial charge in [0.25, 0.3) is 0 Å². The first-order chi connectivity index (χ1) is 9.72. The average Bonchev–Trinajstić information content (AvgIpc) is 2.47. The number of hydrogen-bond donors (Lipinski definition) is 1. The maximum absolute atomic E-state index is 6.00. The van der Waals surface area contributed by atoms with E-state index < -0.39 is 0 Å². The zero-order valence-corrected chi connectivity index (χ0v) is 12.2.